The van der Waals surface area contributed by atoms with E-state index in [-0.39, 0.29) is 55.6 Å². The summed E-state index contributed by atoms with van der Waals surface area (Å²) in [5.74, 6) is -2.11. The number of alkyl halides is 5. The van der Waals surface area contributed by atoms with Crippen molar-refractivity contribution in [3.8, 4) is 0 Å². The van der Waals surface area contributed by atoms with Gasteiger partial charge >= 0.3 is 12.2 Å². The van der Waals surface area contributed by atoms with Gasteiger partial charge in [0.15, 0.2) is 0 Å². The molecular formula is C21H25ClF5N3O2. The van der Waals surface area contributed by atoms with Crippen LogP contribution in [-0.4, -0.2) is 42.1 Å². The van der Waals surface area contributed by atoms with Gasteiger partial charge in [0.2, 0.25) is 5.91 Å². The van der Waals surface area contributed by atoms with Gasteiger partial charge < -0.3 is 15.5 Å². The topological polar surface area (TPSA) is 61.4 Å². The van der Waals surface area contributed by atoms with Crippen molar-refractivity contribution in [2.45, 2.75) is 57.3 Å². The Morgan fingerprint density at radius 3 is 2.47 bits per heavy atom. The highest BCUT2D eigenvalue weighted by atomic mass is 35.5. The molecule has 1 heterocycles. The van der Waals surface area contributed by atoms with Crippen LogP contribution in [-0.2, 0) is 4.79 Å². The van der Waals surface area contributed by atoms with Gasteiger partial charge in [0.25, 0.3) is 6.43 Å². The molecule has 1 aliphatic heterocycles. The number of urea groups is 1. The molecule has 1 aliphatic carbocycles. The zero-order chi connectivity index (χ0) is 23.6. The van der Waals surface area contributed by atoms with Crippen LogP contribution < -0.4 is 10.6 Å². The van der Waals surface area contributed by atoms with Crippen molar-refractivity contribution in [3.05, 3.63) is 34.3 Å². The van der Waals surface area contributed by atoms with E-state index in [9.17, 15) is 31.5 Å². The van der Waals surface area contributed by atoms with Gasteiger partial charge in [0.05, 0.1) is 12.0 Å². The molecule has 11 heteroatoms. The lowest BCUT2D eigenvalue weighted by atomic mass is 9.76. The summed E-state index contributed by atoms with van der Waals surface area (Å²) in [4.78, 5) is 26.2. The van der Waals surface area contributed by atoms with Crippen LogP contribution in [0, 0.1) is 11.8 Å². The molecule has 0 unspecified atom stereocenters. The zero-order valence-corrected chi connectivity index (χ0v) is 18.1. The zero-order valence-electron chi connectivity index (χ0n) is 17.4. The van der Waals surface area contributed by atoms with Crippen molar-refractivity contribution < 1.29 is 31.5 Å². The van der Waals surface area contributed by atoms with Crippen LogP contribution in [0.3, 0.4) is 0 Å². The number of piperazine rings is 1. The van der Waals surface area contributed by atoms with Crippen LogP contribution in [0.1, 0.15) is 56.2 Å². The molecule has 3 amide bonds. The van der Waals surface area contributed by atoms with Crippen molar-refractivity contribution in [3.63, 3.8) is 0 Å². The molecule has 1 aromatic carbocycles. The standard InChI is InChI=1S/C21H25ClF5N3O2/c1-11-19(31)28-8-9-30(11)20(32)29-17(12-2-5-14(6-3-12)21(25,26)27)13-4-7-16(22)15(10-13)18(23)24/h4,7,10-12,14,17-18H,2-3,5-6,8-9H2,1H3,(H,28,31)(H,29,32)/t11-,12?,14?,17+/m1/s1. The fraction of sp³-hybridized carbons (Fsp3) is 0.619. The highest BCUT2D eigenvalue weighted by Crippen LogP contribution is 2.44. The predicted molar refractivity (Wildman–Crippen MR) is 108 cm³/mol. The Bertz CT molecular complexity index is 843. The molecule has 0 spiro atoms. The average molecular weight is 482 g/mol. The molecule has 2 fully saturated rings. The molecule has 5 nitrogen and oxygen atoms in total. The number of benzene rings is 1. The van der Waals surface area contributed by atoms with Gasteiger partial charge in [-0.05, 0) is 56.2 Å². The summed E-state index contributed by atoms with van der Waals surface area (Å²) in [6.45, 7) is 2.10. The van der Waals surface area contributed by atoms with E-state index < -0.39 is 42.2 Å². The number of amides is 3. The molecular weight excluding hydrogens is 457 g/mol. The molecule has 2 N–H and O–H groups in total. The number of rotatable bonds is 4. The summed E-state index contributed by atoms with van der Waals surface area (Å²) in [6.07, 6.45) is -6.97. The summed E-state index contributed by atoms with van der Waals surface area (Å²) in [6, 6.07) is 1.91. The van der Waals surface area contributed by atoms with E-state index in [1.807, 2.05) is 0 Å². The van der Waals surface area contributed by atoms with E-state index in [0.717, 1.165) is 0 Å². The van der Waals surface area contributed by atoms with Gasteiger partial charge in [-0.3, -0.25) is 4.79 Å². The van der Waals surface area contributed by atoms with Crippen molar-refractivity contribution in [2.24, 2.45) is 11.8 Å². The monoisotopic (exact) mass is 481 g/mol. The van der Waals surface area contributed by atoms with Crippen molar-refractivity contribution in [1.29, 1.82) is 0 Å². The Balaban J connectivity index is 1.86. The normalized spacial score (nSPS) is 25.4. The second-order valence-corrected chi connectivity index (χ2v) is 8.73. The maximum atomic E-state index is 13.4. The third kappa shape index (κ3) is 5.44. The van der Waals surface area contributed by atoms with Gasteiger partial charge in [0, 0.05) is 23.7 Å². The van der Waals surface area contributed by atoms with Crippen LogP contribution in [0.2, 0.25) is 5.02 Å². The number of halogens is 6. The third-order valence-corrected chi connectivity index (χ3v) is 6.70. The summed E-state index contributed by atoms with van der Waals surface area (Å²) >= 11 is 5.87. The summed E-state index contributed by atoms with van der Waals surface area (Å²) in [5.41, 5.74) is -0.0549. The highest BCUT2D eigenvalue weighted by molar-refractivity contribution is 6.31. The van der Waals surface area contributed by atoms with E-state index >= 15 is 0 Å². The molecule has 2 atom stereocenters. The lowest BCUT2D eigenvalue weighted by Crippen LogP contribution is -2.58. The number of nitrogens with zero attached hydrogens (tertiary/aromatic N) is 1. The van der Waals surface area contributed by atoms with Crippen LogP contribution in [0.15, 0.2) is 18.2 Å². The van der Waals surface area contributed by atoms with Gasteiger partial charge in [-0.15, -0.1) is 0 Å². The maximum Gasteiger partial charge on any atom is 0.391 e. The van der Waals surface area contributed by atoms with Gasteiger partial charge in [-0.25, -0.2) is 13.6 Å². The first kappa shape index (κ1) is 24.5. The van der Waals surface area contributed by atoms with Crippen molar-refractivity contribution in [1.82, 2.24) is 15.5 Å². The minimum Gasteiger partial charge on any atom is -0.353 e. The number of hydrogen-bond acceptors (Lipinski definition) is 2. The third-order valence-electron chi connectivity index (χ3n) is 6.36. The maximum absolute atomic E-state index is 13.4. The lowest BCUT2D eigenvalue weighted by Gasteiger charge is -2.38. The summed E-state index contributed by atoms with van der Waals surface area (Å²) < 4.78 is 66.1. The van der Waals surface area contributed by atoms with Crippen LogP contribution in [0.25, 0.3) is 0 Å². The fourth-order valence-corrected chi connectivity index (χ4v) is 4.65. The molecule has 0 bridgehead atoms. The first-order valence-corrected chi connectivity index (χ1v) is 10.9. The van der Waals surface area contributed by atoms with Gasteiger partial charge in [0.1, 0.15) is 6.04 Å². The molecule has 1 saturated heterocycles. The van der Waals surface area contributed by atoms with E-state index in [1.165, 1.54) is 23.1 Å². The highest BCUT2D eigenvalue weighted by Gasteiger charge is 2.43. The SMILES string of the molecule is C[C@@H]1C(=O)NCCN1C(=O)N[C@H](c1ccc(Cl)c(C(F)F)c1)C1CCC(C(F)(F)F)CC1. The molecule has 1 aromatic rings. The second-order valence-electron chi connectivity index (χ2n) is 8.32. The lowest BCUT2D eigenvalue weighted by molar-refractivity contribution is -0.184. The van der Waals surface area contributed by atoms with E-state index in [1.54, 1.807) is 6.92 Å². The molecule has 0 aromatic heterocycles. The predicted octanol–water partition coefficient (Wildman–Crippen LogP) is 5.22. The van der Waals surface area contributed by atoms with Crippen molar-refractivity contribution in [2.75, 3.05) is 13.1 Å². The minimum absolute atomic E-state index is 0.0989. The largest absolute Gasteiger partial charge is 0.391 e. The molecule has 1 saturated carbocycles. The fourth-order valence-electron chi connectivity index (χ4n) is 4.45. The van der Waals surface area contributed by atoms with Crippen molar-refractivity contribution >= 4 is 23.5 Å². The van der Waals surface area contributed by atoms with E-state index in [2.05, 4.69) is 10.6 Å². The molecule has 3 rings (SSSR count). The van der Waals surface area contributed by atoms with Gasteiger partial charge in [-0.1, -0.05) is 17.7 Å². The minimum atomic E-state index is -4.29. The summed E-state index contributed by atoms with van der Waals surface area (Å²) in [7, 11) is 0. The number of nitrogens with one attached hydrogen (secondary N) is 2. The number of hydrogen-bond donors (Lipinski definition) is 2. The number of carbonyl (C=O) groups excluding carboxylic acids is 2. The Labute approximate surface area is 187 Å². The first-order chi connectivity index (χ1) is 15.0. The van der Waals surface area contributed by atoms with Crippen LogP contribution in [0.5, 0.6) is 0 Å². The van der Waals surface area contributed by atoms with E-state index in [4.69, 9.17) is 11.6 Å². The Hall–Kier alpha value is -2.10. The Kier molecular flexibility index (Phi) is 7.52. The Morgan fingerprint density at radius 2 is 1.88 bits per heavy atom. The summed E-state index contributed by atoms with van der Waals surface area (Å²) in [5, 5.41) is 5.32. The quantitative estimate of drug-likeness (QED) is 0.579. The molecule has 178 valence electrons. The molecule has 32 heavy (non-hydrogen) atoms. The van der Waals surface area contributed by atoms with E-state index in [0.29, 0.717) is 5.56 Å². The second kappa shape index (κ2) is 9.80. The Morgan fingerprint density at radius 1 is 1.22 bits per heavy atom. The average Bonchev–Trinajstić information content (AvgIpc) is 2.73. The van der Waals surface area contributed by atoms with Gasteiger partial charge in [-0.2, -0.15) is 13.2 Å². The van der Waals surface area contributed by atoms with Crippen LogP contribution in [0.4, 0.5) is 26.7 Å². The first-order valence-electron chi connectivity index (χ1n) is 10.5. The molecule has 2 aliphatic rings. The van der Waals surface area contributed by atoms with Crippen LogP contribution >= 0.6 is 11.6 Å². The molecule has 0 radical (unpaired) electrons. The number of carbonyl (C=O) groups is 2. The smallest absolute Gasteiger partial charge is 0.353 e.